The van der Waals surface area contributed by atoms with Crippen LogP contribution in [-0.4, -0.2) is 58.9 Å². The number of aliphatic hydroxyl groups excluding tert-OH is 1. The van der Waals surface area contributed by atoms with E-state index in [9.17, 15) is 5.11 Å². The molecule has 0 amide bonds. The minimum Gasteiger partial charge on any atom is -0.407 e. The third-order valence-corrected chi connectivity index (χ3v) is 11.7. The third kappa shape index (κ3) is 6.32. The molecular weight excluding hydrogens is 432 g/mol. The first-order chi connectivity index (χ1) is 15.8. The number of epoxide rings is 1. The Labute approximate surface area is 200 Å². The second-order valence-corrected chi connectivity index (χ2v) is 14.3. The molecule has 3 rings (SSSR count). The Morgan fingerprint density at radius 1 is 0.970 bits per heavy atom. The molecule has 1 aliphatic heterocycles. The Morgan fingerprint density at radius 2 is 1.55 bits per heavy atom. The second kappa shape index (κ2) is 11.7. The van der Waals surface area contributed by atoms with Crippen LogP contribution in [0.3, 0.4) is 0 Å². The number of hydrogen-bond acceptors (Lipinski definition) is 5. The predicted octanol–water partition coefficient (Wildman–Crippen LogP) is 3.73. The van der Waals surface area contributed by atoms with Gasteiger partial charge in [0.05, 0.1) is 18.8 Å². The zero-order valence-electron chi connectivity index (χ0n) is 20.7. The fraction of sp³-hybridized carbons (Fsp3) is 0.556. The molecule has 1 fully saturated rings. The lowest BCUT2D eigenvalue weighted by Gasteiger charge is -2.43. The standard InChI is InChI=1S/C27H40O5Si/c1-21(24(30-20-29-5)18-25-26(19-28)32-25)16-17-31-33(27(2,3)4,22-12-8-6-9-13-22)23-14-10-7-11-15-23/h6-15,21,24-26,28H,16-20H2,1-5H3/t21-,24+,25+,26-/m0/s1. The van der Waals surface area contributed by atoms with Gasteiger partial charge >= 0.3 is 0 Å². The molecule has 6 heteroatoms. The molecule has 0 saturated carbocycles. The fourth-order valence-electron chi connectivity index (χ4n) is 4.74. The normalized spacial score (nSPS) is 20.4. The summed E-state index contributed by atoms with van der Waals surface area (Å²) in [5.74, 6) is 0.266. The van der Waals surface area contributed by atoms with E-state index >= 15 is 0 Å². The molecule has 2 aromatic carbocycles. The average molecular weight is 473 g/mol. The molecule has 33 heavy (non-hydrogen) atoms. The predicted molar refractivity (Wildman–Crippen MR) is 134 cm³/mol. The minimum absolute atomic E-state index is 0.00532. The first-order valence-corrected chi connectivity index (χ1v) is 13.9. The number of aliphatic hydroxyl groups is 1. The molecule has 1 aliphatic rings. The quantitative estimate of drug-likeness (QED) is 0.273. The maximum Gasteiger partial charge on any atom is 0.261 e. The first kappa shape index (κ1) is 26.1. The van der Waals surface area contributed by atoms with Crippen LogP contribution in [0.15, 0.2) is 60.7 Å². The van der Waals surface area contributed by atoms with Crippen molar-refractivity contribution >= 4 is 18.7 Å². The third-order valence-electron chi connectivity index (χ3n) is 6.68. The zero-order valence-corrected chi connectivity index (χ0v) is 21.7. The van der Waals surface area contributed by atoms with E-state index in [1.54, 1.807) is 7.11 Å². The van der Waals surface area contributed by atoms with Crippen molar-refractivity contribution in [3.8, 4) is 0 Å². The Morgan fingerprint density at radius 3 is 2.00 bits per heavy atom. The van der Waals surface area contributed by atoms with Crippen LogP contribution in [0.25, 0.3) is 0 Å². The molecule has 0 spiro atoms. The molecular formula is C27H40O5Si. The van der Waals surface area contributed by atoms with Crippen LogP contribution in [0.1, 0.15) is 40.5 Å². The molecule has 0 unspecified atom stereocenters. The van der Waals surface area contributed by atoms with Crippen LogP contribution in [0.2, 0.25) is 5.04 Å². The minimum atomic E-state index is -2.54. The largest absolute Gasteiger partial charge is 0.407 e. The van der Waals surface area contributed by atoms with Gasteiger partial charge in [0.2, 0.25) is 0 Å². The van der Waals surface area contributed by atoms with Gasteiger partial charge < -0.3 is 23.7 Å². The lowest BCUT2D eigenvalue weighted by molar-refractivity contribution is -0.0952. The molecule has 0 bridgehead atoms. The topological polar surface area (TPSA) is 60.5 Å². The summed E-state index contributed by atoms with van der Waals surface area (Å²) >= 11 is 0. The van der Waals surface area contributed by atoms with Gasteiger partial charge in [-0.05, 0) is 27.8 Å². The summed E-state index contributed by atoms with van der Waals surface area (Å²) in [6.45, 7) is 10.1. The molecule has 4 atom stereocenters. The van der Waals surface area contributed by atoms with E-state index in [1.165, 1.54) is 10.4 Å². The second-order valence-electron chi connectivity index (χ2n) is 10.0. The lowest BCUT2D eigenvalue weighted by Crippen LogP contribution is -2.66. The highest BCUT2D eigenvalue weighted by molar-refractivity contribution is 6.99. The van der Waals surface area contributed by atoms with E-state index in [-0.39, 0.29) is 42.7 Å². The Bertz CT molecular complexity index is 784. The van der Waals surface area contributed by atoms with E-state index in [2.05, 4.69) is 88.4 Å². The molecule has 2 aromatic rings. The van der Waals surface area contributed by atoms with Crippen LogP contribution in [0.4, 0.5) is 0 Å². The summed E-state index contributed by atoms with van der Waals surface area (Å²) in [6, 6.07) is 21.5. The van der Waals surface area contributed by atoms with Crippen LogP contribution in [-0.2, 0) is 18.6 Å². The Kier molecular flexibility index (Phi) is 9.27. The molecule has 1 N–H and O–H groups in total. The highest BCUT2D eigenvalue weighted by atomic mass is 28.4. The molecule has 0 aliphatic carbocycles. The van der Waals surface area contributed by atoms with Gasteiger partial charge in [-0.3, -0.25) is 0 Å². The molecule has 0 aromatic heterocycles. The molecule has 0 radical (unpaired) electrons. The van der Waals surface area contributed by atoms with E-state index < -0.39 is 8.32 Å². The van der Waals surface area contributed by atoms with Crippen molar-refractivity contribution in [2.24, 2.45) is 5.92 Å². The number of ether oxygens (including phenoxy) is 3. The van der Waals surface area contributed by atoms with Gasteiger partial charge in [0.25, 0.3) is 8.32 Å². The lowest BCUT2D eigenvalue weighted by atomic mass is 9.96. The zero-order chi connectivity index (χ0) is 23.9. The summed E-state index contributed by atoms with van der Waals surface area (Å²) in [4.78, 5) is 0. The van der Waals surface area contributed by atoms with E-state index in [4.69, 9.17) is 18.6 Å². The van der Waals surface area contributed by atoms with Crippen molar-refractivity contribution in [1.29, 1.82) is 0 Å². The molecule has 182 valence electrons. The maximum atomic E-state index is 9.32. The Balaban J connectivity index is 1.78. The summed E-state index contributed by atoms with van der Waals surface area (Å²) in [6.07, 6.45) is 1.63. The van der Waals surface area contributed by atoms with Crippen LogP contribution >= 0.6 is 0 Å². The molecule has 1 saturated heterocycles. The van der Waals surface area contributed by atoms with Crippen molar-refractivity contribution in [3.05, 3.63) is 60.7 Å². The van der Waals surface area contributed by atoms with E-state index in [0.29, 0.717) is 6.61 Å². The van der Waals surface area contributed by atoms with E-state index in [1.807, 2.05) is 0 Å². The summed E-state index contributed by atoms with van der Waals surface area (Å²) in [5.41, 5.74) is 0. The van der Waals surface area contributed by atoms with Gasteiger partial charge in [0.1, 0.15) is 12.9 Å². The van der Waals surface area contributed by atoms with Gasteiger partial charge in [-0.2, -0.15) is 0 Å². The van der Waals surface area contributed by atoms with Gasteiger partial charge in [-0.15, -0.1) is 0 Å². The van der Waals surface area contributed by atoms with Crippen molar-refractivity contribution < 1.29 is 23.7 Å². The number of methoxy groups -OCH3 is 1. The van der Waals surface area contributed by atoms with Crippen LogP contribution < -0.4 is 10.4 Å². The fourth-order valence-corrected chi connectivity index (χ4v) is 9.32. The van der Waals surface area contributed by atoms with Gasteiger partial charge in [-0.25, -0.2) is 0 Å². The number of rotatable bonds is 13. The van der Waals surface area contributed by atoms with Crippen LogP contribution in [0, 0.1) is 5.92 Å². The van der Waals surface area contributed by atoms with Crippen molar-refractivity contribution in [1.82, 2.24) is 0 Å². The molecule has 5 nitrogen and oxygen atoms in total. The summed E-state index contributed by atoms with van der Waals surface area (Å²) in [5, 5.41) is 11.9. The first-order valence-electron chi connectivity index (χ1n) is 12.0. The Hall–Kier alpha value is -1.54. The average Bonchev–Trinajstić information content (AvgIpc) is 3.58. The van der Waals surface area contributed by atoms with Crippen molar-refractivity contribution in [2.75, 3.05) is 27.1 Å². The van der Waals surface area contributed by atoms with Gasteiger partial charge in [0.15, 0.2) is 0 Å². The van der Waals surface area contributed by atoms with Crippen molar-refractivity contribution in [2.45, 2.75) is 63.9 Å². The summed E-state index contributed by atoms with van der Waals surface area (Å²) in [7, 11) is -0.899. The maximum absolute atomic E-state index is 9.32. The highest BCUT2D eigenvalue weighted by Gasteiger charge is 2.50. The monoisotopic (exact) mass is 472 g/mol. The SMILES string of the molecule is COCO[C@H](C[C@H]1O[C@H]1CO)[C@@H](C)CCO[Si](c1ccccc1)(c1ccccc1)C(C)(C)C. The van der Waals surface area contributed by atoms with Gasteiger partial charge in [0, 0.05) is 20.1 Å². The number of benzene rings is 2. The van der Waals surface area contributed by atoms with Crippen LogP contribution in [0.5, 0.6) is 0 Å². The van der Waals surface area contributed by atoms with Crippen molar-refractivity contribution in [3.63, 3.8) is 0 Å². The van der Waals surface area contributed by atoms with E-state index in [0.717, 1.165) is 12.8 Å². The highest BCUT2D eigenvalue weighted by Crippen LogP contribution is 2.37. The van der Waals surface area contributed by atoms with Gasteiger partial charge in [-0.1, -0.05) is 88.4 Å². The summed E-state index contributed by atoms with van der Waals surface area (Å²) < 4.78 is 23.7. The number of hydrogen-bond donors (Lipinski definition) is 1. The smallest absolute Gasteiger partial charge is 0.261 e. The molecule has 1 heterocycles.